The first-order valence-corrected chi connectivity index (χ1v) is 10.4. The van der Waals surface area contributed by atoms with Gasteiger partial charge in [0, 0.05) is 6.04 Å². The molecule has 0 aromatic rings. The summed E-state index contributed by atoms with van der Waals surface area (Å²) in [7, 11) is -5.50. The van der Waals surface area contributed by atoms with Crippen molar-refractivity contribution in [3.8, 4) is 0 Å². The van der Waals surface area contributed by atoms with Gasteiger partial charge in [-0.05, 0) is 32.1 Å². The Morgan fingerprint density at radius 1 is 1.14 bits per heavy atom. The maximum Gasteiger partial charge on any atom is 0.308 e. The molecule has 1 N–H and O–H groups in total. The summed E-state index contributed by atoms with van der Waals surface area (Å²) in [4.78, 5) is 11.4. The molecule has 2 rings (SSSR count). The molecular formula is C12H21NO6S2. The SMILES string of the molecule is COC(=O)C1CCC(NS(=O)(=O)C2CCS(=O)(=O)C2)CC1. The van der Waals surface area contributed by atoms with E-state index in [4.69, 9.17) is 0 Å². The highest BCUT2D eigenvalue weighted by molar-refractivity contribution is 7.95. The van der Waals surface area contributed by atoms with Gasteiger partial charge in [-0.25, -0.2) is 21.6 Å². The van der Waals surface area contributed by atoms with E-state index in [2.05, 4.69) is 9.46 Å². The van der Waals surface area contributed by atoms with Crippen molar-refractivity contribution in [2.75, 3.05) is 18.6 Å². The second-order valence-electron chi connectivity index (χ2n) is 5.76. The Kier molecular flexibility index (Phi) is 4.94. The van der Waals surface area contributed by atoms with Crippen LogP contribution in [0.1, 0.15) is 32.1 Å². The van der Waals surface area contributed by atoms with Crippen molar-refractivity contribution in [2.45, 2.75) is 43.4 Å². The smallest absolute Gasteiger partial charge is 0.308 e. The molecule has 0 spiro atoms. The lowest BCUT2D eigenvalue weighted by molar-refractivity contribution is -0.146. The molecule has 0 aromatic heterocycles. The van der Waals surface area contributed by atoms with E-state index < -0.39 is 25.1 Å². The van der Waals surface area contributed by atoms with E-state index in [1.807, 2.05) is 0 Å². The van der Waals surface area contributed by atoms with Crippen LogP contribution in [0.5, 0.6) is 0 Å². The molecule has 1 heterocycles. The zero-order chi connectivity index (χ0) is 15.7. The molecule has 1 unspecified atom stereocenters. The summed E-state index contributed by atoms with van der Waals surface area (Å²) < 4.78 is 54.5. The largest absolute Gasteiger partial charge is 0.469 e. The molecule has 21 heavy (non-hydrogen) atoms. The minimum absolute atomic E-state index is 0.0618. The summed E-state index contributed by atoms with van der Waals surface area (Å²) >= 11 is 0. The Labute approximate surface area is 125 Å². The second kappa shape index (κ2) is 6.21. The van der Waals surface area contributed by atoms with Crippen LogP contribution in [-0.2, 0) is 29.4 Å². The summed E-state index contributed by atoms with van der Waals surface area (Å²) in [6.07, 6.45) is 2.47. The molecule has 1 atom stereocenters. The summed E-state index contributed by atoms with van der Waals surface area (Å²) in [5.41, 5.74) is 0. The second-order valence-corrected chi connectivity index (χ2v) is 9.98. The van der Waals surface area contributed by atoms with Crippen molar-refractivity contribution < 1.29 is 26.4 Å². The van der Waals surface area contributed by atoms with E-state index in [9.17, 15) is 21.6 Å². The molecule has 0 aromatic carbocycles. The number of esters is 1. The van der Waals surface area contributed by atoms with Gasteiger partial charge in [-0.15, -0.1) is 0 Å². The van der Waals surface area contributed by atoms with Gasteiger partial charge >= 0.3 is 5.97 Å². The van der Waals surface area contributed by atoms with Gasteiger partial charge in [0.2, 0.25) is 10.0 Å². The number of carbonyl (C=O) groups excluding carboxylic acids is 1. The Bertz CT molecular complexity index is 589. The predicted molar refractivity (Wildman–Crippen MR) is 76.9 cm³/mol. The first-order chi connectivity index (χ1) is 9.73. The molecular weight excluding hydrogens is 318 g/mol. The molecule has 9 heteroatoms. The lowest BCUT2D eigenvalue weighted by atomic mass is 9.86. The number of sulfonamides is 1. The van der Waals surface area contributed by atoms with Gasteiger partial charge in [-0.2, -0.15) is 0 Å². The van der Waals surface area contributed by atoms with Crippen LogP contribution in [0.25, 0.3) is 0 Å². The normalized spacial score (nSPS) is 32.7. The van der Waals surface area contributed by atoms with Crippen molar-refractivity contribution in [3.63, 3.8) is 0 Å². The Hall–Kier alpha value is -0.670. The standard InChI is InChI=1S/C12H21NO6S2/c1-19-12(14)9-2-4-10(5-3-9)13-21(17,18)11-6-7-20(15,16)8-11/h9-11,13H,2-8H2,1H3. The molecule has 0 radical (unpaired) electrons. The number of ether oxygens (including phenoxy) is 1. The average molecular weight is 339 g/mol. The van der Waals surface area contributed by atoms with E-state index in [1.54, 1.807) is 0 Å². The van der Waals surface area contributed by atoms with Crippen LogP contribution in [0.2, 0.25) is 0 Å². The van der Waals surface area contributed by atoms with E-state index >= 15 is 0 Å². The van der Waals surface area contributed by atoms with Gasteiger partial charge in [0.25, 0.3) is 0 Å². The number of methoxy groups -OCH3 is 1. The monoisotopic (exact) mass is 339 g/mol. The third kappa shape index (κ3) is 4.17. The highest BCUT2D eigenvalue weighted by atomic mass is 32.2. The van der Waals surface area contributed by atoms with E-state index in [0.29, 0.717) is 25.7 Å². The zero-order valence-electron chi connectivity index (χ0n) is 11.9. The fourth-order valence-electron chi connectivity index (χ4n) is 2.95. The Morgan fingerprint density at radius 2 is 1.76 bits per heavy atom. The quantitative estimate of drug-likeness (QED) is 0.712. The van der Waals surface area contributed by atoms with Gasteiger partial charge < -0.3 is 4.74 Å². The maximum atomic E-state index is 12.2. The highest BCUT2D eigenvalue weighted by Gasteiger charge is 2.39. The number of carbonyl (C=O) groups is 1. The van der Waals surface area contributed by atoms with Crippen molar-refractivity contribution >= 4 is 25.8 Å². The number of nitrogens with one attached hydrogen (secondary N) is 1. The van der Waals surface area contributed by atoms with Crippen molar-refractivity contribution in [1.82, 2.24) is 4.72 Å². The Morgan fingerprint density at radius 3 is 2.24 bits per heavy atom. The van der Waals surface area contributed by atoms with Gasteiger partial charge in [0.1, 0.15) is 0 Å². The van der Waals surface area contributed by atoms with Crippen LogP contribution in [0.15, 0.2) is 0 Å². The third-order valence-electron chi connectivity index (χ3n) is 4.22. The van der Waals surface area contributed by atoms with E-state index in [1.165, 1.54) is 7.11 Å². The van der Waals surface area contributed by atoms with Crippen LogP contribution in [0, 0.1) is 5.92 Å². The van der Waals surface area contributed by atoms with Crippen molar-refractivity contribution in [3.05, 3.63) is 0 Å². The Balaban J connectivity index is 1.90. The molecule has 0 bridgehead atoms. The van der Waals surface area contributed by atoms with Gasteiger partial charge in [0.15, 0.2) is 9.84 Å². The van der Waals surface area contributed by atoms with Crippen LogP contribution < -0.4 is 4.72 Å². The summed E-state index contributed by atoms with van der Waals surface area (Å²) in [6, 6.07) is -0.223. The molecule has 0 amide bonds. The van der Waals surface area contributed by atoms with E-state index in [-0.39, 0.29) is 35.9 Å². The van der Waals surface area contributed by atoms with Crippen molar-refractivity contribution in [2.24, 2.45) is 5.92 Å². The maximum absolute atomic E-state index is 12.2. The average Bonchev–Trinajstić information content (AvgIpc) is 2.79. The molecule has 2 fully saturated rings. The first-order valence-electron chi connectivity index (χ1n) is 7.03. The van der Waals surface area contributed by atoms with Gasteiger partial charge in [0.05, 0.1) is 29.8 Å². The molecule has 7 nitrogen and oxygen atoms in total. The molecule has 2 aliphatic rings. The van der Waals surface area contributed by atoms with E-state index in [0.717, 1.165) is 0 Å². The minimum Gasteiger partial charge on any atom is -0.469 e. The number of rotatable bonds is 4. The summed E-state index contributed by atoms with van der Waals surface area (Å²) in [5.74, 6) is -0.770. The molecule has 1 aliphatic heterocycles. The molecule has 122 valence electrons. The van der Waals surface area contributed by atoms with Crippen LogP contribution in [-0.4, -0.2) is 52.7 Å². The third-order valence-corrected chi connectivity index (χ3v) is 8.14. The zero-order valence-corrected chi connectivity index (χ0v) is 13.6. The van der Waals surface area contributed by atoms with Gasteiger partial charge in [-0.3, -0.25) is 4.79 Å². The predicted octanol–water partition coefficient (Wildman–Crippen LogP) is -0.175. The molecule has 1 saturated heterocycles. The highest BCUT2D eigenvalue weighted by Crippen LogP contribution is 2.27. The van der Waals surface area contributed by atoms with Crippen LogP contribution >= 0.6 is 0 Å². The van der Waals surface area contributed by atoms with Crippen molar-refractivity contribution in [1.29, 1.82) is 0 Å². The fourth-order valence-corrected chi connectivity index (χ4v) is 7.30. The topological polar surface area (TPSA) is 107 Å². The summed E-state index contributed by atoms with van der Waals surface area (Å²) in [5, 5.41) is -0.846. The fraction of sp³-hybridized carbons (Fsp3) is 0.917. The molecule has 1 saturated carbocycles. The number of hydrogen-bond acceptors (Lipinski definition) is 6. The lowest BCUT2D eigenvalue weighted by Crippen LogP contribution is -2.43. The number of sulfone groups is 1. The lowest BCUT2D eigenvalue weighted by Gasteiger charge is -2.28. The van der Waals surface area contributed by atoms with Crippen LogP contribution in [0.3, 0.4) is 0 Å². The number of hydrogen-bond donors (Lipinski definition) is 1. The first kappa shape index (κ1) is 16.7. The minimum atomic E-state index is -3.62. The van der Waals surface area contributed by atoms with Crippen LogP contribution in [0.4, 0.5) is 0 Å². The van der Waals surface area contributed by atoms with Gasteiger partial charge in [-0.1, -0.05) is 0 Å². The molecule has 1 aliphatic carbocycles. The summed E-state index contributed by atoms with van der Waals surface area (Å²) in [6.45, 7) is 0.